The van der Waals surface area contributed by atoms with Crippen molar-refractivity contribution in [1.29, 1.82) is 0 Å². The number of likely N-dealkylation sites (tertiary alicyclic amines) is 1. The van der Waals surface area contributed by atoms with E-state index in [9.17, 15) is 27.9 Å². The smallest absolute Gasteiger partial charge is 0.407 e. The van der Waals surface area contributed by atoms with Crippen LogP contribution in [0.15, 0.2) is 46.9 Å². The van der Waals surface area contributed by atoms with Gasteiger partial charge in [-0.15, -0.1) is 10.2 Å². The second-order valence-corrected chi connectivity index (χ2v) is 8.29. The molecule has 34 heavy (non-hydrogen) atoms. The molecule has 0 radical (unpaired) electrons. The predicted molar refractivity (Wildman–Crippen MR) is 112 cm³/mol. The van der Waals surface area contributed by atoms with Crippen LogP contribution in [0.5, 0.6) is 0 Å². The number of carbonyl (C=O) groups excluding carboxylic acids is 1. The molecule has 2 amide bonds. The molecule has 2 aliphatic heterocycles. The van der Waals surface area contributed by atoms with Gasteiger partial charge in [0.2, 0.25) is 5.89 Å². The standard InChI is InChI=1S/C23H19F3N4O4/c24-15-5-3-12(4-6-15)16-7-8-29(23(32)33)11-18(16)30-10-14-2-1-13(9-17(14)22(30)31)20-27-28-21(34-20)19(25)26/h1-6,9,16,18-19H,7-8,10-11H2,(H,32,33). The number of hydrogen-bond acceptors (Lipinski definition) is 5. The van der Waals surface area contributed by atoms with Crippen LogP contribution in [0.25, 0.3) is 11.5 Å². The number of fused-ring (bicyclic) bond motifs is 1. The Hall–Kier alpha value is -3.89. The highest BCUT2D eigenvalue weighted by Gasteiger charge is 2.41. The first-order valence-electron chi connectivity index (χ1n) is 10.6. The molecule has 3 aromatic rings. The van der Waals surface area contributed by atoms with Crippen molar-refractivity contribution in [2.24, 2.45) is 0 Å². The van der Waals surface area contributed by atoms with Gasteiger partial charge in [0.25, 0.3) is 11.8 Å². The number of nitrogens with zero attached hydrogens (tertiary/aromatic N) is 4. The van der Waals surface area contributed by atoms with Crippen LogP contribution in [0.3, 0.4) is 0 Å². The molecular weight excluding hydrogens is 453 g/mol. The third kappa shape index (κ3) is 3.87. The lowest BCUT2D eigenvalue weighted by molar-refractivity contribution is 0.0503. The number of hydrogen-bond donors (Lipinski definition) is 1. The molecule has 5 rings (SSSR count). The minimum atomic E-state index is -2.90. The first-order chi connectivity index (χ1) is 16.3. The summed E-state index contributed by atoms with van der Waals surface area (Å²) in [6.07, 6.45) is -3.49. The van der Waals surface area contributed by atoms with Gasteiger partial charge in [0, 0.05) is 36.7 Å². The molecule has 0 saturated carbocycles. The summed E-state index contributed by atoms with van der Waals surface area (Å²) >= 11 is 0. The van der Waals surface area contributed by atoms with Gasteiger partial charge in [-0.2, -0.15) is 8.78 Å². The van der Waals surface area contributed by atoms with Crippen molar-refractivity contribution in [2.45, 2.75) is 31.4 Å². The van der Waals surface area contributed by atoms with Gasteiger partial charge in [-0.3, -0.25) is 4.79 Å². The first kappa shape index (κ1) is 21.9. The zero-order chi connectivity index (χ0) is 24.0. The monoisotopic (exact) mass is 472 g/mol. The molecule has 2 atom stereocenters. The molecule has 2 unspecified atom stereocenters. The van der Waals surface area contributed by atoms with Gasteiger partial charge >= 0.3 is 12.5 Å². The summed E-state index contributed by atoms with van der Waals surface area (Å²) in [5.41, 5.74) is 2.23. The lowest BCUT2D eigenvalue weighted by Crippen LogP contribution is -2.53. The van der Waals surface area contributed by atoms with Crippen molar-refractivity contribution in [3.8, 4) is 11.5 Å². The average Bonchev–Trinajstić information content (AvgIpc) is 3.45. The molecule has 0 aliphatic carbocycles. The molecule has 0 bridgehead atoms. The number of halogens is 3. The Morgan fingerprint density at radius 1 is 1.15 bits per heavy atom. The molecule has 1 aromatic heterocycles. The van der Waals surface area contributed by atoms with Gasteiger partial charge in [0.05, 0.1) is 6.04 Å². The molecule has 11 heteroatoms. The van der Waals surface area contributed by atoms with Gasteiger partial charge in [-0.05, 0) is 41.8 Å². The summed E-state index contributed by atoms with van der Waals surface area (Å²) in [6.45, 7) is 0.679. The lowest BCUT2D eigenvalue weighted by atomic mass is 9.84. The van der Waals surface area contributed by atoms with Crippen molar-refractivity contribution >= 4 is 12.0 Å². The van der Waals surface area contributed by atoms with Gasteiger partial charge in [0.1, 0.15) is 5.82 Å². The summed E-state index contributed by atoms with van der Waals surface area (Å²) in [6, 6.07) is 10.4. The first-order valence-corrected chi connectivity index (χ1v) is 10.6. The van der Waals surface area contributed by atoms with E-state index in [2.05, 4.69) is 10.2 Å². The minimum absolute atomic E-state index is 0.116. The molecule has 2 aromatic carbocycles. The fourth-order valence-electron chi connectivity index (χ4n) is 4.68. The van der Waals surface area contributed by atoms with Crippen molar-refractivity contribution in [3.05, 3.63) is 70.9 Å². The van der Waals surface area contributed by atoms with Crippen LogP contribution in [-0.4, -0.2) is 56.2 Å². The maximum absolute atomic E-state index is 13.5. The maximum atomic E-state index is 13.5. The summed E-state index contributed by atoms with van der Waals surface area (Å²) in [5.74, 6) is -1.80. The van der Waals surface area contributed by atoms with E-state index in [-0.39, 0.29) is 36.6 Å². The molecule has 1 saturated heterocycles. The molecule has 2 aliphatic rings. The largest absolute Gasteiger partial charge is 0.465 e. The van der Waals surface area contributed by atoms with Crippen LogP contribution >= 0.6 is 0 Å². The minimum Gasteiger partial charge on any atom is -0.465 e. The van der Waals surface area contributed by atoms with Crippen molar-refractivity contribution in [2.75, 3.05) is 13.1 Å². The number of benzene rings is 2. The van der Waals surface area contributed by atoms with Crippen molar-refractivity contribution in [3.63, 3.8) is 0 Å². The summed E-state index contributed by atoms with van der Waals surface area (Å²) in [5, 5.41) is 16.5. The Bertz CT molecular complexity index is 1250. The Kier molecular flexibility index (Phi) is 5.46. The van der Waals surface area contributed by atoms with Gasteiger partial charge in [0.15, 0.2) is 0 Å². The third-order valence-electron chi connectivity index (χ3n) is 6.37. The zero-order valence-electron chi connectivity index (χ0n) is 17.7. The summed E-state index contributed by atoms with van der Waals surface area (Å²) in [7, 11) is 0. The molecule has 3 heterocycles. The van der Waals surface area contributed by atoms with E-state index >= 15 is 0 Å². The fourth-order valence-corrected chi connectivity index (χ4v) is 4.68. The van der Waals surface area contributed by atoms with E-state index < -0.39 is 24.5 Å². The second-order valence-electron chi connectivity index (χ2n) is 8.29. The van der Waals surface area contributed by atoms with E-state index in [1.54, 1.807) is 29.2 Å². The highest BCUT2D eigenvalue weighted by Crippen LogP contribution is 2.37. The van der Waals surface area contributed by atoms with E-state index in [4.69, 9.17) is 4.42 Å². The molecule has 1 fully saturated rings. The second kappa shape index (κ2) is 8.47. The Morgan fingerprint density at radius 2 is 1.91 bits per heavy atom. The van der Waals surface area contributed by atoms with Crippen LogP contribution in [0.4, 0.5) is 18.0 Å². The van der Waals surface area contributed by atoms with Crippen LogP contribution in [0.2, 0.25) is 0 Å². The molecular formula is C23H19F3N4O4. The molecule has 8 nitrogen and oxygen atoms in total. The fraction of sp³-hybridized carbons (Fsp3) is 0.304. The SMILES string of the molecule is O=C(O)N1CCC(c2ccc(F)cc2)C(N2Cc3ccc(-c4nnc(C(F)F)o4)cc3C2=O)C1. The summed E-state index contributed by atoms with van der Waals surface area (Å²) < 4.78 is 44.1. The van der Waals surface area contributed by atoms with Crippen LogP contribution in [0.1, 0.15) is 46.1 Å². The molecule has 1 N–H and O–H groups in total. The van der Waals surface area contributed by atoms with Crippen LogP contribution in [0, 0.1) is 5.82 Å². The number of amides is 2. The number of alkyl halides is 2. The van der Waals surface area contributed by atoms with E-state index in [0.717, 1.165) is 5.56 Å². The molecule has 0 spiro atoms. The quantitative estimate of drug-likeness (QED) is 0.608. The maximum Gasteiger partial charge on any atom is 0.407 e. The van der Waals surface area contributed by atoms with Crippen molar-refractivity contribution in [1.82, 2.24) is 20.0 Å². The number of aromatic nitrogens is 2. The molecule has 176 valence electrons. The third-order valence-corrected chi connectivity index (χ3v) is 6.37. The van der Waals surface area contributed by atoms with Gasteiger partial charge < -0.3 is 19.3 Å². The van der Waals surface area contributed by atoms with Crippen molar-refractivity contribution < 1.29 is 32.3 Å². The number of piperidine rings is 1. The van der Waals surface area contributed by atoms with Gasteiger partial charge in [-0.1, -0.05) is 18.2 Å². The Balaban J connectivity index is 1.45. The van der Waals surface area contributed by atoms with Crippen LogP contribution < -0.4 is 0 Å². The predicted octanol–water partition coefficient (Wildman–Crippen LogP) is 4.31. The van der Waals surface area contributed by atoms with Gasteiger partial charge in [-0.25, -0.2) is 9.18 Å². The highest BCUT2D eigenvalue weighted by atomic mass is 19.3. The normalized spacial score (nSPS) is 20.2. The summed E-state index contributed by atoms with van der Waals surface area (Å²) in [4.78, 5) is 28.0. The number of carbonyl (C=O) groups is 2. The van der Waals surface area contributed by atoms with E-state index in [1.165, 1.54) is 23.1 Å². The highest BCUT2D eigenvalue weighted by molar-refractivity contribution is 5.99. The lowest BCUT2D eigenvalue weighted by Gasteiger charge is -2.42. The van der Waals surface area contributed by atoms with Crippen LogP contribution in [-0.2, 0) is 6.54 Å². The number of carboxylic acid groups (broad SMARTS) is 1. The average molecular weight is 472 g/mol. The Labute approximate surface area is 191 Å². The topological polar surface area (TPSA) is 99.8 Å². The number of rotatable bonds is 4. The Morgan fingerprint density at radius 3 is 2.59 bits per heavy atom. The zero-order valence-corrected chi connectivity index (χ0v) is 17.7. The van der Waals surface area contributed by atoms with E-state index in [1.807, 2.05) is 0 Å². The van der Waals surface area contributed by atoms with E-state index in [0.29, 0.717) is 29.7 Å².